The molecule has 1 heterocycles. The fourth-order valence-corrected chi connectivity index (χ4v) is 10.1. The summed E-state index contributed by atoms with van der Waals surface area (Å²) in [4.78, 5) is 10.8. The summed E-state index contributed by atoms with van der Waals surface area (Å²) < 4.78 is 0. The van der Waals surface area contributed by atoms with Gasteiger partial charge in [-0.15, -0.1) is 0 Å². The number of fused-ring (bicyclic) bond motifs is 7. The van der Waals surface area contributed by atoms with Gasteiger partial charge in [-0.1, -0.05) is 212 Å². The van der Waals surface area contributed by atoms with Crippen molar-refractivity contribution in [1.29, 1.82) is 0 Å². The van der Waals surface area contributed by atoms with E-state index < -0.39 is 5.41 Å². The lowest BCUT2D eigenvalue weighted by atomic mass is 9.67. The second-order valence-electron chi connectivity index (χ2n) is 16.0. The molecule has 284 valence electrons. The molecule has 0 saturated carbocycles. The maximum atomic E-state index is 5.41. The molecule has 0 N–H and O–H groups in total. The molecule has 2 nitrogen and oxygen atoms in total. The Bertz CT molecular complexity index is 3420. The summed E-state index contributed by atoms with van der Waals surface area (Å²) in [5.41, 5.74) is 14.2. The highest BCUT2D eigenvalue weighted by atomic mass is 14.9. The van der Waals surface area contributed by atoms with Gasteiger partial charge in [0.1, 0.15) is 0 Å². The van der Waals surface area contributed by atoms with Crippen molar-refractivity contribution in [2.75, 3.05) is 0 Å². The molecule has 0 fully saturated rings. The number of nitrogens with zero attached hydrogens (tertiary/aromatic N) is 2. The van der Waals surface area contributed by atoms with E-state index in [1.165, 1.54) is 71.3 Å². The Morgan fingerprint density at radius 3 is 1.62 bits per heavy atom. The summed E-state index contributed by atoms with van der Waals surface area (Å²) in [6, 6.07) is 83.5. The molecule has 0 atom stereocenters. The fraction of sp³-hybridized carbons (Fsp3) is 0.0169. The first-order chi connectivity index (χ1) is 30.3. The molecule has 0 bridgehead atoms. The van der Waals surface area contributed by atoms with Crippen molar-refractivity contribution >= 4 is 32.3 Å². The second kappa shape index (κ2) is 14.1. The molecule has 1 aliphatic carbocycles. The van der Waals surface area contributed by atoms with E-state index in [0.717, 1.165) is 33.6 Å². The molecular formula is C59H38N2. The lowest BCUT2D eigenvalue weighted by molar-refractivity contribution is 0.768. The molecule has 0 spiro atoms. The Balaban J connectivity index is 1.12. The maximum Gasteiger partial charge on any atom is 0.160 e. The molecule has 61 heavy (non-hydrogen) atoms. The van der Waals surface area contributed by atoms with Crippen LogP contribution in [-0.4, -0.2) is 9.97 Å². The van der Waals surface area contributed by atoms with Gasteiger partial charge in [-0.05, 0) is 95.0 Å². The minimum absolute atomic E-state index is 0.519. The minimum atomic E-state index is -0.519. The third kappa shape index (κ3) is 5.50. The zero-order valence-electron chi connectivity index (χ0n) is 33.3. The molecule has 1 aromatic heterocycles. The van der Waals surface area contributed by atoms with E-state index in [1.807, 2.05) is 6.07 Å². The quantitative estimate of drug-likeness (QED) is 0.124. The highest BCUT2D eigenvalue weighted by Crippen LogP contribution is 2.56. The highest BCUT2D eigenvalue weighted by Gasteiger charge is 2.46. The third-order valence-corrected chi connectivity index (χ3v) is 12.8. The smallest absolute Gasteiger partial charge is 0.160 e. The molecule has 1 aliphatic rings. The van der Waals surface area contributed by atoms with Crippen LogP contribution in [0, 0.1) is 0 Å². The van der Waals surface area contributed by atoms with Crippen molar-refractivity contribution < 1.29 is 0 Å². The summed E-state index contributed by atoms with van der Waals surface area (Å²) in [6.07, 6.45) is 0. The third-order valence-electron chi connectivity index (χ3n) is 12.8. The standard InChI is InChI=1S/C59H38N2/c1-4-19-40(20-5-1)58-60-55(42-33-34-48-47-28-16-17-31-53(47)59(54(48)37-42,43-22-6-2-7-23-43)44-24-8-3-9-25-44)38-56(61-58)49-29-14-15-30-50(49)57-46-27-13-11-21-41(46)36-52-45-26-12-10-18-39(45)32-35-51(52)57/h1-38H. The van der Waals surface area contributed by atoms with Crippen molar-refractivity contribution in [3.8, 4) is 56.2 Å². The number of benzene rings is 10. The SMILES string of the molecule is c1ccc(-c2nc(-c3ccc4c(c3)C(c3ccccc3)(c3ccccc3)c3ccccc3-4)cc(-c3ccccc3-c3c4ccccc4cc4c3ccc3ccccc34)n2)cc1. The topological polar surface area (TPSA) is 25.8 Å². The van der Waals surface area contributed by atoms with Gasteiger partial charge in [0.2, 0.25) is 0 Å². The Morgan fingerprint density at radius 1 is 0.295 bits per heavy atom. The van der Waals surface area contributed by atoms with Gasteiger partial charge in [0.05, 0.1) is 16.8 Å². The summed E-state index contributed by atoms with van der Waals surface area (Å²) in [6.45, 7) is 0. The molecule has 0 radical (unpaired) electrons. The fourth-order valence-electron chi connectivity index (χ4n) is 10.1. The zero-order chi connectivity index (χ0) is 40.3. The maximum absolute atomic E-state index is 5.41. The summed E-state index contributed by atoms with van der Waals surface area (Å²) in [5.74, 6) is 0.692. The average Bonchev–Trinajstić information content (AvgIpc) is 3.64. The number of hydrogen-bond acceptors (Lipinski definition) is 2. The van der Waals surface area contributed by atoms with Crippen LogP contribution in [0.25, 0.3) is 88.5 Å². The van der Waals surface area contributed by atoms with E-state index in [-0.39, 0.29) is 0 Å². The second-order valence-corrected chi connectivity index (χ2v) is 16.0. The van der Waals surface area contributed by atoms with Crippen LogP contribution in [-0.2, 0) is 5.41 Å². The van der Waals surface area contributed by atoms with Crippen molar-refractivity contribution in [3.05, 3.63) is 253 Å². The predicted octanol–water partition coefficient (Wildman–Crippen LogP) is 15.0. The lowest BCUT2D eigenvalue weighted by Crippen LogP contribution is -2.28. The summed E-state index contributed by atoms with van der Waals surface area (Å²) in [7, 11) is 0. The molecule has 12 rings (SSSR count). The van der Waals surface area contributed by atoms with Crippen LogP contribution >= 0.6 is 0 Å². The Labute approximate surface area is 355 Å². The van der Waals surface area contributed by atoms with Crippen molar-refractivity contribution in [3.63, 3.8) is 0 Å². The largest absolute Gasteiger partial charge is 0.228 e. The van der Waals surface area contributed by atoms with Gasteiger partial charge in [0, 0.05) is 16.7 Å². The van der Waals surface area contributed by atoms with Crippen molar-refractivity contribution in [2.45, 2.75) is 5.41 Å². The van der Waals surface area contributed by atoms with Crippen LogP contribution in [0.2, 0.25) is 0 Å². The minimum Gasteiger partial charge on any atom is -0.228 e. The normalized spacial score (nSPS) is 12.7. The summed E-state index contributed by atoms with van der Waals surface area (Å²) in [5, 5.41) is 7.38. The number of hydrogen-bond donors (Lipinski definition) is 0. The first-order valence-electron chi connectivity index (χ1n) is 21.0. The first kappa shape index (κ1) is 35.0. The average molecular weight is 775 g/mol. The molecular weight excluding hydrogens is 737 g/mol. The van der Waals surface area contributed by atoms with Gasteiger partial charge in [0.25, 0.3) is 0 Å². The highest BCUT2D eigenvalue weighted by molar-refractivity contribution is 6.21. The van der Waals surface area contributed by atoms with Crippen LogP contribution in [0.1, 0.15) is 22.3 Å². The van der Waals surface area contributed by atoms with Gasteiger partial charge in [0.15, 0.2) is 5.82 Å². The van der Waals surface area contributed by atoms with Gasteiger partial charge in [-0.2, -0.15) is 0 Å². The Morgan fingerprint density at radius 2 is 0.869 bits per heavy atom. The molecule has 11 aromatic rings. The molecule has 10 aromatic carbocycles. The van der Waals surface area contributed by atoms with E-state index in [9.17, 15) is 0 Å². The van der Waals surface area contributed by atoms with Crippen LogP contribution < -0.4 is 0 Å². The van der Waals surface area contributed by atoms with E-state index in [0.29, 0.717) is 5.82 Å². The van der Waals surface area contributed by atoms with Crippen LogP contribution in [0.5, 0.6) is 0 Å². The van der Waals surface area contributed by atoms with E-state index >= 15 is 0 Å². The van der Waals surface area contributed by atoms with Crippen LogP contribution in [0.15, 0.2) is 231 Å². The lowest BCUT2D eigenvalue weighted by Gasteiger charge is -2.34. The molecule has 0 unspecified atom stereocenters. The zero-order valence-corrected chi connectivity index (χ0v) is 33.3. The molecule has 0 amide bonds. The molecule has 0 aliphatic heterocycles. The molecule has 0 saturated heterocycles. The van der Waals surface area contributed by atoms with Crippen molar-refractivity contribution in [1.82, 2.24) is 9.97 Å². The molecule has 2 heteroatoms. The first-order valence-corrected chi connectivity index (χ1v) is 21.0. The van der Waals surface area contributed by atoms with E-state index in [4.69, 9.17) is 9.97 Å². The van der Waals surface area contributed by atoms with Crippen LogP contribution in [0.4, 0.5) is 0 Å². The van der Waals surface area contributed by atoms with Gasteiger partial charge < -0.3 is 0 Å². The Kier molecular flexibility index (Phi) is 8.11. The van der Waals surface area contributed by atoms with E-state index in [2.05, 4.69) is 224 Å². The Hall–Kier alpha value is -7.94. The van der Waals surface area contributed by atoms with Gasteiger partial charge >= 0.3 is 0 Å². The van der Waals surface area contributed by atoms with E-state index in [1.54, 1.807) is 0 Å². The number of rotatable bonds is 6. The summed E-state index contributed by atoms with van der Waals surface area (Å²) >= 11 is 0. The van der Waals surface area contributed by atoms with Crippen molar-refractivity contribution in [2.24, 2.45) is 0 Å². The number of aromatic nitrogens is 2. The van der Waals surface area contributed by atoms with Gasteiger partial charge in [-0.25, -0.2) is 9.97 Å². The monoisotopic (exact) mass is 774 g/mol. The predicted molar refractivity (Wildman–Crippen MR) is 254 cm³/mol. The van der Waals surface area contributed by atoms with Crippen LogP contribution in [0.3, 0.4) is 0 Å². The van der Waals surface area contributed by atoms with Gasteiger partial charge in [-0.3, -0.25) is 0 Å².